The van der Waals surface area contributed by atoms with Crippen LogP contribution < -0.4 is 0 Å². The second-order valence-corrected chi connectivity index (χ2v) is 6.66. The predicted octanol–water partition coefficient (Wildman–Crippen LogP) is 2.82. The fraction of sp³-hybridized carbons (Fsp3) is 0.667. The summed E-state index contributed by atoms with van der Waals surface area (Å²) in [6.07, 6.45) is 0. The maximum Gasteiger partial charge on any atom is 0.0482 e. The third-order valence-electron chi connectivity index (χ3n) is 5.59. The van der Waals surface area contributed by atoms with Gasteiger partial charge in [0.2, 0.25) is 0 Å². The molecule has 3 saturated heterocycles. The van der Waals surface area contributed by atoms with Crippen LogP contribution in [0.2, 0.25) is 0 Å². The second kappa shape index (κ2) is 5.08. The molecule has 0 N–H and O–H groups in total. The van der Waals surface area contributed by atoms with E-state index in [1.807, 2.05) is 0 Å². The van der Waals surface area contributed by atoms with E-state index in [1.165, 1.54) is 39.3 Å². The molecule has 3 aliphatic rings. The number of nitrogens with zero attached hydrogens (tertiary/aromatic N) is 3. The van der Waals surface area contributed by atoms with Crippen molar-refractivity contribution in [1.29, 1.82) is 0 Å². The van der Waals surface area contributed by atoms with Gasteiger partial charge in [0.25, 0.3) is 0 Å². The third kappa shape index (κ3) is 2.32. The van der Waals surface area contributed by atoms with E-state index in [9.17, 15) is 0 Å². The van der Waals surface area contributed by atoms with Crippen LogP contribution in [0, 0.1) is 0 Å². The first-order valence-electron chi connectivity index (χ1n) is 8.63. The lowest BCUT2D eigenvalue weighted by Crippen LogP contribution is -2.06. The SMILES string of the molecule is CCN1CC1c1cccc(C2CN2CC)c1C1CN1CC. The molecule has 0 aliphatic carbocycles. The van der Waals surface area contributed by atoms with Crippen LogP contribution in [0.1, 0.15) is 55.6 Å². The highest BCUT2D eigenvalue weighted by atomic mass is 15.3. The lowest BCUT2D eigenvalue weighted by Gasteiger charge is -2.15. The molecular formula is C18H27N3. The molecule has 0 amide bonds. The van der Waals surface area contributed by atoms with E-state index in [0.717, 1.165) is 0 Å². The summed E-state index contributed by atoms with van der Waals surface area (Å²) in [4.78, 5) is 7.75. The quantitative estimate of drug-likeness (QED) is 0.744. The summed E-state index contributed by atoms with van der Waals surface area (Å²) in [5.41, 5.74) is 4.93. The minimum Gasteiger partial charge on any atom is -0.293 e. The molecule has 3 heterocycles. The van der Waals surface area contributed by atoms with Crippen molar-refractivity contribution >= 4 is 0 Å². The summed E-state index contributed by atoms with van der Waals surface area (Å²) in [5.74, 6) is 0. The molecule has 6 atom stereocenters. The zero-order valence-electron chi connectivity index (χ0n) is 13.5. The molecule has 6 unspecified atom stereocenters. The first kappa shape index (κ1) is 13.7. The number of rotatable bonds is 6. The zero-order chi connectivity index (χ0) is 14.6. The topological polar surface area (TPSA) is 9.03 Å². The van der Waals surface area contributed by atoms with E-state index < -0.39 is 0 Å². The molecular weight excluding hydrogens is 258 g/mol. The molecule has 1 aromatic carbocycles. The van der Waals surface area contributed by atoms with Gasteiger partial charge >= 0.3 is 0 Å². The average molecular weight is 285 g/mol. The largest absolute Gasteiger partial charge is 0.293 e. The Morgan fingerprint density at radius 3 is 1.57 bits per heavy atom. The number of hydrogen-bond acceptors (Lipinski definition) is 3. The van der Waals surface area contributed by atoms with Crippen molar-refractivity contribution in [3.8, 4) is 0 Å². The van der Waals surface area contributed by atoms with E-state index >= 15 is 0 Å². The van der Waals surface area contributed by atoms with Crippen molar-refractivity contribution in [2.75, 3.05) is 39.3 Å². The van der Waals surface area contributed by atoms with Crippen LogP contribution in [0.3, 0.4) is 0 Å². The van der Waals surface area contributed by atoms with Gasteiger partial charge in [0.05, 0.1) is 0 Å². The normalized spacial score (nSPS) is 40.1. The van der Waals surface area contributed by atoms with Crippen LogP contribution in [0.15, 0.2) is 18.2 Å². The Balaban J connectivity index is 1.69. The summed E-state index contributed by atoms with van der Waals surface area (Å²) < 4.78 is 0. The lowest BCUT2D eigenvalue weighted by molar-refractivity contribution is 0.518. The van der Waals surface area contributed by atoms with Gasteiger partial charge in [-0.1, -0.05) is 39.0 Å². The predicted molar refractivity (Wildman–Crippen MR) is 86.4 cm³/mol. The zero-order valence-corrected chi connectivity index (χ0v) is 13.5. The summed E-state index contributed by atoms with van der Waals surface area (Å²) >= 11 is 0. The van der Waals surface area contributed by atoms with Gasteiger partial charge in [-0.05, 0) is 36.3 Å². The molecule has 0 saturated carbocycles. The average Bonchev–Trinajstić information content (AvgIpc) is 3.38. The summed E-state index contributed by atoms with van der Waals surface area (Å²) in [6, 6.07) is 9.16. The molecule has 0 spiro atoms. The summed E-state index contributed by atoms with van der Waals surface area (Å²) in [7, 11) is 0. The Morgan fingerprint density at radius 2 is 1.19 bits per heavy atom. The summed E-state index contributed by atoms with van der Waals surface area (Å²) in [5, 5.41) is 0. The highest BCUT2D eigenvalue weighted by Crippen LogP contribution is 2.49. The van der Waals surface area contributed by atoms with Crippen LogP contribution in [0.5, 0.6) is 0 Å². The first-order chi connectivity index (χ1) is 10.3. The van der Waals surface area contributed by atoms with Crippen molar-refractivity contribution in [2.24, 2.45) is 0 Å². The number of hydrogen-bond donors (Lipinski definition) is 0. The fourth-order valence-corrected chi connectivity index (χ4v) is 4.00. The molecule has 0 bridgehead atoms. The summed E-state index contributed by atoms with van der Waals surface area (Å²) in [6.45, 7) is 14.2. The fourth-order valence-electron chi connectivity index (χ4n) is 4.00. The van der Waals surface area contributed by atoms with Crippen LogP contribution in [0.25, 0.3) is 0 Å². The molecule has 1 aromatic rings. The smallest absolute Gasteiger partial charge is 0.0482 e. The van der Waals surface area contributed by atoms with Gasteiger partial charge in [-0.25, -0.2) is 0 Å². The maximum absolute atomic E-state index is 2.60. The molecule has 0 radical (unpaired) electrons. The Labute approximate surface area is 128 Å². The molecule has 4 rings (SSSR count). The number of likely N-dealkylation sites (N-methyl/N-ethyl adjacent to an activating group) is 3. The van der Waals surface area contributed by atoms with Crippen molar-refractivity contribution in [2.45, 2.75) is 38.9 Å². The van der Waals surface area contributed by atoms with Crippen molar-refractivity contribution in [3.05, 3.63) is 34.9 Å². The van der Waals surface area contributed by atoms with Crippen molar-refractivity contribution in [1.82, 2.24) is 14.7 Å². The van der Waals surface area contributed by atoms with E-state index in [-0.39, 0.29) is 0 Å². The van der Waals surface area contributed by atoms with Gasteiger partial charge < -0.3 is 0 Å². The molecule has 114 valence electrons. The Hall–Kier alpha value is -0.900. The van der Waals surface area contributed by atoms with E-state index in [4.69, 9.17) is 0 Å². The van der Waals surface area contributed by atoms with Gasteiger partial charge in [0.1, 0.15) is 0 Å². The number of benzene rings is 1. The minimum atomic E-state index is 0.693. The molecule has 0 aromatic heterocycles. The molecule has 3 fully saturated rings. The first-order valence-corrected chi connectivity index (χ1v) is 8.63. The van der Waals surface area contributed by atoms with E-state index in [0.29, 0.717) is 18.1 Å². The minimum absolute atomic E-state index is 0.693. The Kier molecular flexibility index (Phi) is 3.32. The van der Waals surface area contributed by atoms with Crippen LogP contribution >= 0.6 is 0 Å². The van der Waals surface area contributed by atoms with Gasteiger partial charge in [0.15, 0.2) is 0 Å². The molecule has 3 heteroatoms. The Bertz CT molecular complexity index is 505. The van der Waals surface area contributed by atoms with E-state index in [2.05, 4.69) is 53.7 Å². The molecule has 21 heavy (non-hydrogen) atoms. The van der Waals surface area contributed by atoms with Gasteiger partial charge in [0, 0.05) is 37.8 Å². The van der Waals surface area contributed by atoms with Crippen LogP contribution in [0.4, 0.5) is 0 Å². The van der Waals surface area contributed by atoms with Crippen molar-refractivity contribution < 1.29 is 0 Å². The van der Waals surface area contributed by atoms with Gasteiger partial charge in [-0.3, -0.25) is 14.7 Å². The van der Waals surface area contributed by atoms with E-state index in [1.54, 1.807) is 16.7 Å². The lowest BCUT2D eigenvalue weighted by atomic mass is 9.94. The van der Waals surface area contributed by atoms with Crippen LogP contribution in [-0.2, 0) is 0 Å². The monoisotopic (exact) mass is 285 g/mol. The third-order valence-corrected chi connectivity index (χ3v) is 5.59. The molecule has 3 aliphatic heterocycles. The van der Waals surface area contributed by atoms with Crippen LogP contribution in [-0.4, -0.2) is 54.0 Å². The second-order valence-electron chi connectivity index (χ2n) is 6.66. The highest BCUT2D eigenvalue weighted by molar-refractivity contribution is 5.47. The molecule has 3 nitrogen and oxygen atoms in total. The van der Waals surface area contributed by atoms with Gasteiger partial charge in [-0.2, -0.15) is 0 Å². The standard InChI is InChI=1S/C18H27N3/c1-4-19-10-15(19)13-8-7-9-14(16-11-20(16)5-2)18(13)17-12-21(17)6-3/h7-9,15-17H,4-6,10-12H2,1-3H3. The maximum atomic E-state index is 2.60. The Morgan fingerprint density at radius 1 is 0.762 bits per heavy atom. The van der Waals surface area contributed by atoms with Crippen molar-refractivity contribution in [3.63, 3.8) is 0 Å². The highest BCUT2D eigenvalue weighted by Gasteiger charge is 2.45. The van der Waals surface area contributed by atoms with Gasteiger partial charge in [-0.15, -0.1) is 0 Å².